The Morgan fingerprint density at radius 1 is 0.356 bits per heavy atom. The summed E-state index contributed by atoms with van der Waals surface area (Å²) in [7, 11) is 0. The summed E-state index contributed by atoms with van der Waals surface area (Å²) in [5, 5.41) is 10.5. The fourth-order valence-electron chi connectivity index (χ4n) is 9.04. The van der Waals surface area contributed by atoms with Crippen molar-refractivity contribution >= 4 is 43.1 Å². The van der Waals surface area contributed by atoms with E-state index in [1.54, 1.807) is 5.56 Å². The van der Waals surface area contributed by atoms with Gasteiger partial charge in [0.05, 0.1) is 0 Å². The van der Waals surface area contributed by atoms with Gasteiger partial charge in [-0.3, -0.25) is 0 Å². The van der Waals surface area contributed by atoms with Crippen LogP contribution in [0, 0.1) is 0 Å². The summed E-state index contributed by atoms with van der Waals surface area (Å²) in [6.07, 6.45) is 5.11. The van der Waals surface area contributed by atoms with E-state index in [0.717, 1.165) is 0 Å². The number of fused-ring (bicyclic) bond motifs is 11. The molecule has 0 aromatic heterocycles. The maximum Gasteiger partial charge on any atom is 0.0215 e. The van der Waals surface area contributed by atoms with Gasteiger partial charge in [-0.15, -0.1) is 0 Å². The lowest BCUT2D eigenvalue weighted by Crippen LogP contribution is -2.20. The minimum Gasteiger partial charge on any atom is -0.0619 e. The van der Waals surface area contributed by atoms with Gasteiger partial charge in [0.1, 0.15) is 0 Å². The van der Waals surface area contributed by atoms with E-state index in [-0.39, 0.29) is 5.41 Å². The van der Waals surface area contributed by atoms with Crippen LogP contribution in [-0.4, -0.2) is 0 Å². The standard InChI is InChI=1S/C45H32/c1-2-14-32-29(12-1)13-11-20-33(32)41-27-31-26-40(34-15-3-5-18-38(34)44(31)39-19-6-4-16-35(39)41)30-22-23-37-36-17-7-8-21-42(36)45(43(37)28-30)24-9-10-25-45/h1-8,11-23,26-28H,9-10,24-25H2. The summed E-state index contributed by atoms with van der Waals surface area (Å²) < 4.78 is 0. The van der Waals surface area contributed by atoms with Gasteiger partial charge in [-0.25, -0.2) is 0 Å². The smallest absolute Gasteiger partial charge is 0.0215 e. The molecule has 0 radical (unpaired) electrons. The SMILES string of the molecule is c1ccc2c(c1)-c1ccc(-c3cc4cc(-c5cccc6ccccc56)c5ccccc5c4c4ccccc34)cc1C21CCCC1. The molecule has 8 aromatic carbocycles. The maximum absolute atomic E-state index is 2.56. The van der Waals surface area contributed by atoms with Crippen LogP contribution in [0.2, 0.25) is 0 Å². The van der Waals surface area contributed by atoms with Crippen LogP contribution in [0.3, 0.4) is 0 Å². The summed E-state index contributed by atoms with van der Waals surface area (Å²) >= 11 is 0. The van der Waals surface area contributed by atoms with Gasteiger partial charge >= 0.3 is 0 Å². The van der Waals surface area contributed by atoms with Gasteiger partial charge in [-0.1, -0.05) is 140 Å². The second-order valence-corrected chi connectivity index (χ2v) is 13.2. The Morgan fingerprint density at radius 2 is 0.933 bits per heavy atom. The van der Waals surface area contributed by atoms with E-state index < -0.39 is 0 Å². The monoisotopic (exact) mass is 572 g/mol. The first-order valence-corrected chi connectivity index (χ1v) is 16.4. The summed E-state index contributed by atoms with van der Waals surface area (Å²) in [6, 6.07) is 55.0. The highest BCUT2D eigenvalue weighted by Crippen LogP contribution is 2.57. The number of benzene rings is 8. The first kappa shape index (κ1) is 25.2. The zero-order chi connectivity index (χ0) is 29.5. The van der Waals surface area contributed by atoms with Crippen LogP contribution < -0.4 is 0 Å². The predicted molar refractivity (Wildman–Crippen MR) is 192 cm³/mol. The van der Waals surface area contributed by atoms with E-state index >= 15 is 0 Å². The molecular formula is C45H32. The molecule has 1 spiro atoms. The molecule has 2 aliphatic rings. The molecule has 0 aliphatic heterocycles. The van der Waals surface area contributed by atoms with Gasteiger partial charge in [-0.05, 0) is 119 Å². The molecule has 212 valence electrons. The van der Waals surface area contributed by atoms with Gasteiger partial charge in [-0.2, -0.15) is 0 Å². The normalized spacial score (nSPS) is 14.9. The number of hydrogen-bond donors (Lipinski definition) is 0. The molecule has 0 nitrogen and oxygen atoms in total. The lowest BCUT2D eigenvalue weighted by atomic mass is 9.76. The Bertz CT molecular complexity index is 2480. The topological polar surface area (TPSA) is 0 Å². The zero-order valence-electron chi connectivity index (χ0n) is 25.2. The quantitative estimate of drug-likeness (QED) is 0.181. The summed E-state index contributed by atoms with van der Waals surface area (Å²) in [5.41, 5.74) is 11.4. The van der Waals surface area contributed by atoms with Crippen LogP contribution in [0.4, 0.5) is 0 Å². The first-order chi connectivity index (χ1) is 22.3. The Balaban J connectivity index is 1.28. The van der Waals surface area contributed by atoms with Crippen LogP contribution in [0.5, 0.6) is 0 Å². The number of hydrogen-bond acceptors (Lipinski definition) is 0. The van der Waals surface area contributed by atoms with E-state index in [4.69, 9.17) is 0 Å². The molecule has 8 aromatic rings. The Hall–Kier alpha value is -5.20. The largest absolute Gasteiger partial charge is 0.0619 e. The van der Waals surface area contributed by atoms with Crippen LogP contribution in [0.15, 0.2) is 146 Å². The maximum atomic E-state index is 2.56. The van der Waals surface area contributed by atoms with Crippen molar-refractivity contribution in [1.82, 2.24) is 0 Å². The van der Waals surface area contributed by atoms with E-state index in [2.05, 4.69) is 146 Å². The van der Waals surface area contributed by atoms with E-state index in [1.165, 1.54) is 108 Å². The van der Waals surface area contributed by atoms with Gasteiger partial charge < -0.3 is 0 Å². The van der Waals surface area contributed by atoms with Crippen molar-refractivity contribution in [2.24, 2.45) is 0 Å². The Kier molecular flexibility index (Phi) is 5.26. The van der Waals surface area contributed by atoms with Crippen LogP contribution in [-0.2, 0) is 5.41 Å². The number of rotatable bonds is 2. The van der Waals surface area contributed by atoms with Gasteiger partial charge in [0, 0.05) is 5.41 Å². The summed E-state index contributed by atoms with van der Waals surface area (Å²) in [6.45, 7) is 0. The second-order valence-electron chi connectivity index (χ2n) is 13.2. The average molecular weight is 573 g/mol. The molecule has 0 bridgehead atoms. The molecule has 1 saturated carbocycles. The minimum atomic E-state index is 0.159. The minimum absolute atomic E-state index is 0.159. The highest BCUT2D eigenvalue weighted by atomic mass is 14.5. The Morgan fingerprint density at radius 3 is 1.73 bits per heavy atom. The fourth-order valence-corrected chi connectivity index (χ4v) is 9.04. The molecule has 0 heterocycles. The van der Waals surface area contributed by atoms with Gasteiger partial charge in [0.15, 0.2) is 0 Å². The molecular weight excluding hydrogens is 540 g/mol. The van der Waals surface area contributed by atoms with E-state index in [1.807, 2.05) is 0 Å². The van der Waals surface area contributed by atoms with Crippen LogP contribution >= 0.6 is 0 Å². The summed E-state index contributed by atoms with van der Waals surface area (Å²) in [4.78, 5) is 0. The zero-order valence-corrected chi connectivity index (χ0v) is 25.2. The molecule has 45 heavy (non-hydrogen) atoms. The van der Waals surface area contributed by atoms with Crippen LogP contribution in [0.25, 0.3) is 76.5 Å². The highest BCUT2D eigenvalue weighted by molar-refractivity contribution is 6.26. The van der Waals surface area contributed by atoms with Crippen molar-refractivity contribution in [2.45, 2.75) is 31.1 Å². The fraction of sp³-hybridized carbons (Fsp3) is 0.111. The lowest BCUT2D eigenvalue weighted by Gasteiger charge is -2.27. The van der Waals surface area contributed by atoms with Crippen molar-refractivity contribution < 1.29 is 0 Å². The predicted octanol–water partition coefficient (Wildman–Crippen LogP) is 12.5. The molecule has 0 atom stereocenters. The van der Waals surface area contributed by atoms with Crippen molar-refractivity contribution in [3.8, 4) is 33.4 Å². The molecule has 0 unspecified atom stereocenters. The molecule has 0 N–H and O–H groups in total. The first-order valence-electron chi connectivity index (χ1n) is 16.4. The summed E-state index contributed by atoms with van der Waals surface area (Å²) in [5.74, 6) is 0. The molecule has 0 amide bonds. The lowest BCUT2D eigenvalue weighted by molar-refractivity contribution is 0.550. The highest BCUT2D eigenvalue weighted by Gasteiger charge is 2.44. The van der Waals surface area contributed by atoms with Crippen molar-refractivity contribution in [1.29, 1.82) is 0 Å². The molecule has 0 heteroatoms. The molecule has 1 fully saturated rings. The molecule has 2 aliphatic carbocycles. The van der Waals surface area contributed by atoms with Crippen molar-refractivity contribution in [3.05, 3.63) is 157 Å². The molecule has 0 saturated heterocycles. The van der Waals surface area contributed by atoms with Gasteiger partial charge in [0.2, 0.25) is 0 Å². The van der Waals surface area contributed by atoms with Crippen molar-refractivity contribution in [2.75, 3.05) is 0 Å². The van der Waals surface area contributed by atoms with Gasteiger partial charge in [0.25, 0.3) is 0 Å². The second kappa shape index (κ2) is 9.40. The van der Waals surface area contributed by atoms with Crippen molar-refractivity contribution in [3.63, 3.8) is 0 Å². The van der Waals surface area contributed by atoms with E-state index in [9.17, 15) is 0 Å². The third kappa shape index (κ3) is 3.48. The molecule has 10 rings (SSSR count). The average Bonchev–Trinajstić information content (AvgIpc) is 3.71. The van der Waals surface area contributed by atoms with Crippen LogP contribution in [0.1, 0.15) is 36.8 Å². The third-order valence-electron chi connectivity index (χ3n) is 11.0. The van der Waals surface area contributed by atoms with E-state index in [0.29, 0.717) is 0 Å². The Labute approximate surface area is 263 Å². The third-order valence-corrected chi connectivity index (χ3v) is 11.0.